The molecule has 3 nitrogen and oxygen atoms in total. The molecule has 5 rings (SSSR count). The normalized spacial score (nSPS) is 14.2. The molecule has 4 aromatic rings. The highest BCUT2D eigenvalue weighted by Gasteiger charge is 2.22. The molecular formula is C27H29N3. The van der Waals surface area contributed by atoms with Gasteiger partial charge in [-0.3, -0.25) is 0 Å². The smallest absolute Gasteiger partial charge is 0.0757 e. The Bertz CT molecular complexity index is 1210. The summed E-state index contributed by atoms with van der Waals surface area (Å²) in [6.07, 6.45) is 1.07. The monoisotopic (exact) mass is 395 g/mol. The number of anilines is 1. The number of rotatable bonds is 4. The van der Waals surface area contributed by atoms with Gasteiger partial charge in [0.1, 0.15) is 0 Å². The molecule has 0 unspecified atom stereocenters. The van der Waals surface area contributed by atoms with Gasteiger partial charge >= 0.3 is 0 Å². The first-order chi connectivity index (χ1) is 14.7. The standard InChI is InChI=1S/C27H29N3/c1-4-30(5-2)21-13-10-20(11-14-21)27-24-18-29(3)17-16-23(24)26-22-9-7-6-8-19(22)12-15-25(26)28-27/h6-15H,4-5,16-18H2,1-3H3. The van der Waals surface area contributed by atoms with E-state index >= 15 is 0 Å². The Morgan fingerprint density at radius 1 is 0.900 bits per heavy atom. The second-order valence-electron chi connectivity index (χ2n) is 8.31. The molecule has 3 aromatic carbocycles. The number of nitrogens with zero attached hydrogens (tertiary/aromatic N) is 3. The van der Waals surface area contributed by atoms with Crippen LogP contribution in [0.4, 0.5) is 5.69 Å². The summed E-state index contributed by atoms with van der Waals surface area (Å²) in [5.41, 5.74) is 7.63. The zero-order valence-corrected chi connectivity index (χ0v) is 18.2. The Morgan fingerprint density at radius 2 is 1.67 bits per heavy atom. The van der Waals surface area contributed by atoms with Crippen LogP contribution >= 0.6 is 0 Å². The maximum absolute atomic E-state index is 5.22. The molecule has 0 saturated heterocycles. The van der Waals surface area contributed by atoms with Crippen molar-refractivity contribution in [1.29, 1.82) is 0 Å². The van der Waals surface area contributed by atoms with Crippen molar-refractivity contribution in [3.8, 4) is 11.3 Å². The Balaban J connectivity index is 1.73. The van der Waals surface area contributed by atoms with Crippen molar-refractivity contribution in [2.45, 2.75) is 26.8 Å². The Morgan fingerprint density at radius 3 is 2.43 bits per heavy atom. The molecule has 0 fully saturated rings. The topological polar surface area (TPSA) is 19.4 Å². The first-order valence-electron chi connectivity index (χ1n) is 11.1. The first kappa shape index (κ1) is 19.1. The zero-order valence-electron chi connectivity index (χ0n) is 18.2. The third kappa shape index (κ3) is 3.14. The number of aromatic nitrogens is 1. The lowest BCUT2D eigenvalue weighted by Gasteiger charge is -2.28. The largest absolute Gasteiger partial charge is 0.372 e. The average molecular weight is 396 g/mol. The molecule has 0 spiro atoms. The van der Waals surface area contributed by atoms with E-state index in [4.69, 9.17) is 4.98 Å². The van der Waals surface area contributed by atoms with Crippen molar-refractivity contribution in [2.75, 3.05) is 31.6 Å². The van der Waals surface area contributed by atoms with Gasteiger partial charge in [-0.1, -0.05) is 42.5 Å². The average Bonchev–Trinajstić information content (AvgIpc) is 2.79. The number of benzene rings is 3. The van der Waals surface area contributed by atoms with Crippen LogP contribution < -0.4 is 4.90 Å². The minimum absolute atomic E-state index is 0.953. The lowest BCUT2D eigenvalue weighted by atomic mass is 9.89. The van der Waals surface area contributed by atoms with Gasteiger partial charge < -0.3 is 9.80 Å². The lowest BCUT2D eigenvalue weighted by Crippen LogP contribution is -2.27. The second kappa shape index (κ2) is 7.73. The van der Waals surface area contributed by atoms with E-state index in [0.29, 0.717) is 0 Å². The van der Waals surface area contributed by atoms with Crippen LogP contribution in [0.3, 0.4) is 0 Å². The fourth-order valence-corrected chi connectivity index (χ4v) is 4.91. The number of hydrogen-bond donors (Lipinski definition) is 0. The molecule has 0 N–H and O–H groups in total. The van der Waals surface area contributed by atoms with Crippen molar-refractivity contribution < 1.29 is 0 Å². The molecule has 0 amide bonds. The van der Waals surface area contributed by atoms with Crippen LogP contribution in [0.5, 0.6) is 0 Å². The van der Waals surface area contributed by atoms with Crippen LogP contribution in [0.25, 0.3) is 32.9 Å². The molecule has 1 aliphatic heterocycles. The van der Waals surface area contributed by atoms with E-state index in [0.717, 1.165) is 43.8 Å². The molecule has 0 saturated carbocycles. The van der Waals surface area contributed by atoms with Crippen LogP contribution in [0.2, 0.25) is 0 Å². The van der Waals surface area contributed by atoms with Gasteiger partial charge in [-0.15, -0.1) is 0 Å². The van der Waals surface area contributed by atoms with E-state index in [2.05, 4.69) is 91.4 Å². The van der Waals surface area contributed by atoms with E-state index in [9.17, 15) is 0 Å². The summed E-state index contributed by atoms with van der Waals surface area (Å²) < 4.78 is 0. The SMILES string of the molecule is CCN(CC)c1ccc(-c2nc3ccc4ccccc4c3c3c2CN(C)CC3)cc1. The molecule has 1 aliphatic rings. The van der Waals surface area contributed by atoms with Gasteiger partial charge in [0, 0.05) is 42.8 Å². The molecule has 2 heterocycles. The van der Waals surface area contributed by atoms with Gasteiger partial charge in [0.2, 0.25) is 0 Å². The van der Waals surface area contributed by atoms with E-state index in [1.54, 1.807) is 0 Å². The van der Waals surface area contributed by atoms with E-state index < -0.39 is 0 Å². The Kier molecular flexibility index (Phi) is 4.92. The van der Waals surface area contributed by atoms with Crippen molar-refractivity contribution >= 4 is 27.4 Å². The molecular weight excluding hydrogens is 366 g/mol. The van der Waals surface area contributed by atoms with E-state index in [-0.39, 0.29) is 0 Å². The summed E-state index contributed by atoms with van der Waals surface area (Å²) in [6.45, 7) is 8.51. The van der Waals surface area contributed by atoms with Crippen molar-refractivity contribution in [3.63, 3.8) is 0 Å². The minimum Gasteiger partial charge on any atom is -0.372 e. The summed E-state index contributed by atoms with van der Waals surface area (Å²) in [5.74, 6) is 0. The molecule has 0 bridgehead atoms. The van der Waals surface area contributed by atoms with Crippen LogP contribution in [-0.2, 0) is 13.0 Å². The predicted molar refractivity (Wildman–Crippen MR) is 128 cm³/mol. The van der Waals surface area contributed by atoms with Gasteiger partial charge in [0.15, 0.2) is 0 Å². The van der Waals surface area contributed by atoms with Gasteiger partial charge in [0.05, 0.1) is 11.2 Å². The predicted octanol–water partition coefficient (Wildman–Crippen LogP) is 5.89. The van der Waals surface area contributed by atoms with Crippen LogP contribution in [-0.4, -0.2) is 36.6 Å². The van der Waals surface area contributed by atoms with Crippen LogP contribution in [0.15, 0.2) is 60.7 Å². The summed E-state index contributed by atoms with van der Waals surface area (Å²) in [5, 5.41) is 3.97. The Labute approximate surface area is 179 Å². The van der Waals surface area contributed by atoms with E-state index in [1.165, 1.54) is 38.5 Å². The molecule has 1 aromatic heterocycles. The highest BCUT2D eigenvalue weighted by Crippen LogP contribution is 2.37. The molecule has 152 valence electrons. The van der Waals surface area contributed by atoms with Crippen LogP contribution in [0.1, 0.15) is 25.0 Å². The van der Waals surface area contributed by atoms with Gasteiger partial charge in [0.25, 0.3) is 0 Å². The molecule has 0 aliphatic carbocycles. The fraction of sp³-hybridized carbons (Fsp3) is 0.296. The van der Waals surface area contributed by atoms with Gasteiger partial charge in [-0.2, -0.15) is 0 Å². The summed E-state index contributed by atoms with van der Waals surface area (Å²) >= 11 is 0. The summed E-state index contributed by atoms with van der Waals surface area (Å²) in [4.78, 5) is 10.0. The van der Waals surface area contributed by atoms with E-state index in [1.807, 2.05) is 0 Å². The quantitative estimate of drug-likeness (QED) is 0.402. The van der Waals surface area contributed by atoms with Gasteiger partial charge in [-0.05, 0) is 67.4 Å². The zero-order chi connectivity index (χ0) is 20.7. The molecule has 0 radical (unpaired) electrons. The van der Waals surface area contributed by atoms with Crippen molar-refractivity contribution in [3.05, 3.63) is 71.8 Å². The number of likely N-dealkylation sites (N-methyl/N-ethyl adjacent to an activating group) is 1. The third-order valence-electron chi connectivity index (χ3n) is 6.53. The number of pyridine rings is 1. The molecule has 0 atom stereocenters. The number of fused-ring (bicyclic) bond motifs is 5. The third-order valence-corrected chi connectivity index (χ3v) is 6.53. The molecule has 3 heteroatoms. The summed E-state index contributed by atoms with van der Waals surface area (Å²) in [7, 11) is 2.21. The van der Waals surface area contributed by atoms with Gasteiger partial charge in [-0.25, -0.2) is 4.98 Å². The maximum atomic E-state index is 5.22. The highest BCUT2D eigenvalue weighted by atomic mass is 15.1. The highest BCUT2D eigenvalue weighted by molar-refractivity contribution is 6.09. The van der Waals surface area contributed by atoms with Crippen molar-refractivity contribution in [1.82, 2.24) is 9.88 Å². The fourth-order valence-electron chi connectivity index (χ4n) is 4.91. The maximum Gasteiger partial charge on any atom is 0.0757 e. The minimum atomic E-state index is 0.953. The van der Waals surface area contributed by atoms with Crippen molar-refractivity contribution in [2.24, 2.45) is 0 Å². The summed E-state index contributed by atoms with van der Waals surface area (Å²) in [6, 6.07) is 22.1. The Hall–Kier alpha value is -2.91. The second-order valence-corrected chi connectivity index (χ2v) is 8.31. The molecule has 30 heavy (non-hydrogen) atoms. The van der Waals surface area contributed by atoms with Crippen LogP contribution in [0, 0.1) is 0 Å². The lowest BCUT2D eigenvalue weighted by molar-refractivity contribution is 0.314. The first-order valence-corrected chi connectivity index (χ1v) is 11.1. The number of hydrogen-bond acceptors (Lipinski definition) is 3.